The van der Waals surface area contributed by atoms with Gasteiger partial charge in [0.15, 0.2) is 23.0 Å². The average Bonchev–Trinajstić information content (AvgIpc) is 2.91. The lowest BCUT2D eigenvalue weighted by Crippen LogP contribution is -1.94. The molecule has 0 saturated heterocycles. The first-order chi connectivity index (χ1) is 9.49. The molecule has 8 heteroatoms. The van der Waals surface area contributed by atoms with Crippen molar-refractivity contribution in [3.8, 4) is 28.6 Å². The van der Waals surface area contributed by atoms with E-state index in [-0.39, 0.29) is 39.3 Å². The highest BCUT2D eigenvalue weighted by Gasteiger charge is 2.22. The highest BCUT2D eigenvalue weighted by Crippen LogP contribution is 2.47. The Labute approximate surface area is 118 Å². The van der Waals surface area contributed by atoms with Crippen LogP contribution in [0.3, 0.4) is 0 Å². The minimum absolute atomic E-state index is 0.0442. The van der Waals surface area contributed by atoms with Crippen molar-refractivity contribution in [1.82, 2.24) is 5.16 Å². The minimum Gasteiger partial charge on any atom is -0.505 e. The Morgan fingerprint density at radius 1 is 1.35 bits per heavy atom. The summed E-state index contributed by atoms with van der Waals surface area (Å²) in [4.78, 5) is 10.8. The molecule has 0 aliphatic rings. The van der Waals surface area contributed by atoms with Crippen LogP contribution in [0.1, 0.15) is 10.5 Å². The lowest BCUT2D eigenvalue weighted by Gasteiger charge is -2.12. The zero-order chi connectivity index (χ0) is 14.9. The second-order valence-electron chi connectivity index (χ2n) is 3.70. The normalized spacial score (nSPS) is 10.3. The van der Waals surface area contributed by atoms with E-state index in [4.69, 9.17) is 30.7 Å². The van der Waals surface area contributed by atoms with Crippen LogP contribution in [0.5, 0.6) is 17.2 Å². The molecule has 0 bridgehead atoms. The highest BCUT2D eigenvalue weighted by molar-refractivity contribution is 6.34. The number of benzene rings is 1. The number of aromatic carboxylic acids is 1. The van der Waals surface area contributed by atoms with Crippen molar-refractivity contribution < 1.29 is 29.0 Å². The number of phenolic OH excluding ortho intramolecular Hbond substituents is 1. The predicted octanol–water partition coefficient (Wildman–Crippen LogP) is 2.42. The van der Waals surface area contributed by atoms with Gasteiger partial charge in [0.1, 0.15) is 10.8 Å². The highest BCUT2D eigenvalue weighted by atomic mass is 35.5. The number of methoxy groups -OCH3 is 2. The van der Waals surface area contributed by atoms with E-state index in [0.717, 1.165) is 0 Å². The molecule has 0 amide bonds. The number of hydrogen-bond donors (Lipinski definition) is 2. The van der Waals surface area contributed by atoms with E-state index in [1.165, 1.54) is 26.4 Å². The molecule has 0 aliphatic heterocycles. The molecule has 1 heterocycles. The molecular weight excluding hydrogens is 290 g/mol. The zero-order valence-electron chi connectivity index (χ0n) is 10.5. The lowest BCUT2D eigenvalue weighted by atomic mass is 10.1. The number of ether oxygens (including phenoxy) is 2. The van der Waals surface area contributed by atoms with Gasteiger partial charge in [-0.2, -0.15) is 0 Å². The fraction of sp³-hybridized carbons (Fsp3) is 0.167. The molecule has 2 rings (SSSR count). The maximum absolute atomic E-state index is 10.8. The molecule has 2 N–H and O–H groups in total. The summed E-state index contributed by atoms with van der Waals surface area (Å²) in [6.45, 7) is 0. The molecule has 2 aromatic rings. The fourth-order valence-electron chi connectivity index (χ4n) is 1.63. The van der Waals surface area contributed by atoms with Gasteiger partial charge in [-0.3, -0.25) is 0 Å². The number of carbonyl (C=O) groups is 1. The van der Waals surface area contributed by atoms with Crippen molar-refractivity contribution in [3.63, 3.8) is 0 Å². The Kier molecular flexibility index (Phi) is 3.71. The molecule has 0 spiro atoms. The van der Waals surface area contributed by atoms with E-state index in [0.29, 0.717) is 0 Å². The van der Waals surface area contributed by atoms with Gasteiger partial charge in [-0.05, 0) is 6.07 Å². The molecule has 0 unspecified atom stereocenters. The predicted molar refractivity (Wildman–Crippen MR) is 68.7 cm³/mol. The van der Waals surface area contributed by atoms with Crippen LogP contribution in [-0.2, 0) is 0 Å². The van der Waals surface area contributed by atoms with Crippen LogP contribution < -0.4 is 9.47 Å². The monoisotopic (exact) mass is 299 g/mol. The van der Waals surface area contributed by atoms with Crippen LogP contribution in [0, 0.1) is 0 Å². The van der Waals surface area contributed by atoms with E-state index in [1.54, 1.807) is 0 Å². The van der Waals surface area contributed by atoms with Crippen LogP contribution >= 0.6 is 11.6 Å². The first-order valence-corrected chi connectivity index (χ1v) is 5.71. The zero-order valence-corrected chi connectivity index (χ0v) is 11.3. The SMILES string of the molecule is COc1cc(-c2cc(C(=O)O)no2)c(O)c(Cl)c1OC. The lowest BCUT2D eigenvalue weighted by molar-refractivity contribution is 0.0686. The quantitative estimate of drug-likeness (QED) is 0.893. The van der Waals surface area contributed by atoms with Crippen LogP contribution in [-0.4, -0.2) is 35.6 Å². The first-order valence-electron chi connectivity index (χ1n) is 5.33. The van der Waals surface area contributed by atoms with Gasteiger partial charge in [-0.15, -0.1) is 0 Å². The van der Waals surface area contributed by atoms with Gasteiger partial charge in [0.2, 0.25) is 0 Å². The number of aromatic hydroxyl groups is 1. The summed E-state index contributed by atoms with van der Waals surface area (Å²) in [5.41, 5.74) is -0.141. The smallest absolute Gasteiger partial charge is 0.358 e. The van der Waals surface area contributed by atoms with Crippen molar-refractivity contribution in [2.24, 2.45) is 0 Å². The molecule has 20 heavy (non-hydrogen) atoms. The molecule has 1 aromatic heterocycles. The maximum atomic E-state index is 10.8. The Hall–Kier alpha value is -2.41. The number of carboxylic acid groups (broad SMARTS) is 1. The summed E-state index contributed by atoms with van der Waals surface area (Å²) in [5.74, 6) is -1.10. The molecular formula is C12H10ClNO6. The van der Waals surface area contributed by atoms with Crippen molar-refractivity contribution in [2.45, 2.75) is 0 Å². The molecule has 106 valence electrons. The number of rotatable bonds is 4. The van der Waals surface area contributed by atoms with Crippen LogP contribution in [0.2, 0.25) is 5.02 Å². The molecule has 7 nitrogen and oxygen atoms in total. The summed E-state index contributed by atoms with van der Waals surface area (Å²) < 4.78 is 15.0. The van der Waals surface area contributed by atoms with Crippen molar-refractivity contribution >= 4 is 17.6 Å². The minimum atomic E-state index is -1.24. The van der Waals surface area contributed by atoms with Gasteiger partial charge in [0, 0.05) is 6.07 Å². The van der Waals surface area contributed by atoms with Crippen molar-refractivity contribution in [2.75, 3.05) is 14.2 Å². The first kappa shape index (κ1) is 14.0. The molecule has 0 radical (unpaired) electrons. The van der Waals surface area contributed by atoms with E-state index in [9.17, 15) is 9.90 Å². The Morgan fingerprint density at radius 2 is 2.05 bits per heavy atom. The van der Waals surface area contributed by atoms with Crippen LogP contribution in [0.25, 0.3) is 11.3 Å². The van der Waals surface area contributed by atoms with Crippen LogP contribution in [0.15, 0.2) is 16.7 Å². The van der Waals surface area contributed by atoms with Crippen LogP contribution in [0.4, 0.5) is 0 Å². The number of phenols is 1. The third kappa shape index (κ3) is 2.23. The summed E-state index contributed by atoms with van der Waals surface area (Å²) in [6, 6.07) is 2.58. The van der Waals surface area contributed by atoms with E-state index < -0.39 is 5.97 Å². The average molecular weight is 300 g/mol. The summed E-state index contributed by atoms with van der Waals surface area (Å²) in [7, 11) is 2.78. The second kappa shape index (κ2) is 5.30. The number of nitrogens with zero attached hydrogens (tertiary/aromatic N) is 1. The maximum Gasteiger partial charge on any atom is 0.358 e. The summed E-state index contributed by atoms with van der Waals surface area (Å²) >= 11 is 5.97. The van der Waals surface area contributed by atoms with Gasteiger partial charge < -0.3 is 24.2 Å². The van der Waals surface area contributed by atoms with Gasteiger partial charge >= 0.3 is 5.97 Å². The number of carboxylic acids is 1. The van der Waals surface area contributed by atoms with Crippen molar-refractivity contribution in [3.05, 3.63) is 22.8 Å². The topological polar surface area (TPSA) is 102 Å². The molecule has 0 aliphatic carbocycles. The third-order valence-electron chi connectivity index (χ3n) is 2.58. The molecule has 0 atom stereocenters. The molecule has 0 fully saturated rings. The Balaban J connectivity index is 2.61. The van der Waals surface area contributed by atoms with Gasteiger partial charge in [-0.1, -0.05) is 16.8 Å². The van der Waals surface area contributed by atoms with Gasteiger partial charge in [0.05, 0.1) is 19.8 Å². The van der Waals surface area contributed by atoms with Crippen molar-refractivity contribution in [1.29, 1.82) is 0 Å². The molecule has 0 saturated carbocycles. The van der Waals surface area contributed by atoms with Gasteiger partial charge in [0.25, 0.3) is 0 Å². The number of aromatic nitrogens is 1. The largest absolute Gasteiger partial charge is 0.505 e. The van der Waals surface area contributed by atoms with E-state index >= 15 is 0 Å². The summed E-state index contributed by atoms with van der Waals surface area (Å²) in [5, 5.41) is 22.1. The van der Waals surface area contributed by atoms with E-state index in [1.807, 2.05) is 0 Å². The number of halogens is 1. The number of hydrogen-bond acceptors (Lipinski definition) is 6. The van der Waals surface area contributed by atoms with Gasteiger partial charge in [-0.25, -0.2) is 4.79 Å². The third-order valence-corrected chi connectivity index (χ3v) is 2.93. The second-order valence-corrected chi connectivity index (χ2v) is 4.08. The van der Waals surface area contributed by atoms with E-state index in [2.05, 4.69) is 5.16 Å². The standard InChI is InChI=1S/C12H10ClNO6/c1-18-8-3-5(10(15)9(13)11(8)19-2)7-4-6(12(16)17)14-20-7/h3-4,15H,1-2H3,(H,16,17). The molecule has 1 aromatic carbocycles. The Morgan fingerprint density at radius 3 is 2.55 bits per heavy atom. The Bertz CT molecular complexity index is 666. The fourth-order valence-corrected chi connectivity index (χ4v) is 1.90. The summed E-state index contributed by atoms with van der Waals surface area (Å²) in [6.07, 6.45) is 0.